The zero-order chi connectivity index (χ0) is 9.99. The van der Waals surface area contributed by atoms with E-state index in [1.165, 1.54) is 4.90 Å². The van der Waals surface area contributed by atoms with Crippen LogP contribution in [-0.4, -0.2) is 41.7 Å². The molecule has 6 nitrogen and oxygen atoms in total. The fourth-order valence-corrected chi connectivity index (χ4v) is 3.44. The number of hydrogen-bond acceptors (Lipinski definition) is 4. The van der Waals surface area contributed by atoms with Gasteiger partial charge in [-0.1, -0.05) is 0 Å². The minimum Gasteiger partial charge on any atom is -0.324 e. The summed E-state index contributed by atoms with van der Waals surface area (Å²) in [6, 6.07) is 0. The second kappa shape index (κ2) is 4.01. The van der Waals surface area contributed by atoms with Gasteiger partial charge in [0, 0.05) is 6.66 Å². The summed E-state index contributed by atoms with van der Waals surface area (Å²) in [5.74, 6) is 0. The standard InChI is InChI=1S/C4H13NO5P2/c1-5(2)4-12(8,9)10-11(3,6)7/h4H2,1-3H3,(H,6,7)(H,8,9). The van der Waals surface area contributed by atoms with E-state index in [0.717, 1.165) is 6.66 Å². The SMILES string of the molecule is CN(C)CP(=O)(O)OP(C)(=O)O. The molecule has 74 valence electrons. The van der Waals surface area contributed by atoms with Crippen molar-refractivity contribution in [2.24, 2.45) is 0 Å². The highest BCUT2D eigenvalue weighted by Crippen LogP contribution is 2.56. The lowest BCUT2D eigenvalue weighted by Crippen LogP contribution is -2.13. The summed E-state index contributed by atoms with van der Waals surface area (Å²) in [5.41, 5.74) is 0. The van der Waals surface area contributed by atoms with E-state index >= 15 is 0 Å². The van der Waals surface area contributed by atoms with E-state index in [0.29, 0.717) is 0 Å². The minimum absolute atomic E-state index is 0.272. The van der Waals surface area contributed by atoms with Crippen molar-refractivity contribution in [3.05, 3.63) is 0 Å². The third-order valence-electron chi connectivity index (χ3n) is 0.741. The van der Waals surface area contributed by atoms with Gasteiger partial charge in [-0.25, -0.2) is 4.31 Å². The van der Waals surface area contributed by atoms with Crippen LogP contribution in [-0.2, 0) is 13.4 Å². The zero-order valence-electron chi connectivity index (χ0n) is 7.17. The molecular formula is C4H13NO5P2. The lowest BCUT2D eigenvalue weighted by molar-refractivity contribution is 0.316. The molecule has 0 saturated heterocycles. The topological polar surface area (TPSA) is 87.1 Å². The lowest BCUT2D eigenvalue weighted by Gasteiger charge is -2.17. The Morgan fingerprint density at radius 3 is 2.00 bits per heavy atom. The van der Waals surface area contributed by atoms with Gasteiger partial charge in [-0.15, -0.1) is 0 Å². The monoisotopic (exact) mass is 217 g/mol. The molecule has 8 heteroatoms. The van der Waals surface area contributed by atoms with E-state index in [2.05, 4.69) is 4.31 Å². The van der Waals surface area contributed by atoms with Crippen LogP contribution in [0.25, 0.3) is 0 Å². The number of nitrogens with zero attached hydrogens (tertiary/aromatic N) is 1. The maximum Gasteiger partial charge on any atom is 0.349 e. The van der Waals surface area contributed by atoms with E-state index in [1.54, 1.807) is 14.1 Å². The van der Waals surface area contributed by atoms with Crippen molar-refractivity contribution >= 4 is 15.2 Å². The van der Waals surface area contributed by atoms with Crippen LogP contribution in [0.3, 0.4) is 0 Å². The van der Waals surface area contributed by atoms with Gasteiger partial charge in [-0.3, -0.25) is 14.0 Å². The van der Waals surface area contributed by atoms with E-state index in [1.807, 2.05) is 0 Å². The van der Waals surface area contributed by atoms with Crippen molar-refractivity contribution in [3.63, 3.8) is 0 Å². The first-order valence-corrected chi connectivity index (χ1v) is 6.89. The predicted octanol–water partition coefficient (Wildman–Crippen LogP) is 0.523. The molecule has 0 aliphatic heterocycles. The maximum absolute atomic E-state index is 11.0. The van der Waals surface area contributed by atoms with Gasteiger partial charge in [0.05, 0.1) is 0 Å². The van der Waals surface area contributed by atoms with Crippen LogP contribution in [0.4, 0.5) is 0 Å². The Morgan fingerprint density at radius 2 is 1.75 bits per heavy atom. The molecule has 2 unspecified atom stereocenters. The average Bonchev–Trinajstić information content (AvgIpc) is 1.48. The molecule has 12 heavy (non-hydrogen) atoms. The van der Waals surface area contributed by atoms with E-state index < -0.39 is 15.2 Å². The summed E-state index contributed by atoms with van der Waals surface area (Å²) >= 11 is 0. The highest BCUT2D eigenvalue weighted by molar-refractivity contribution is 7.65. The van der Waals surface area contributed by atoms with Crippen molar-refractivity contribution in [3.8, 4) is 0 Å². The first kappa shape index (κ1) is 12.3. The van der Waals surface area contributed by atoms with E-state index in [9.17, 15) is 9.13 Å². The summed E-state index contributed by atoms with van der Waals surface area (Å²) in [5, 5.41) is 0. The predicted molar refractivity (Wildman–Crippen MR) is 45.2 cm³/mol. The van der Waals surface area contributed by atoms with Crippen LogP contribution in [0.5, 0.6) is 0 Å². The van der Waals surface area contributed by atoms with Gasteiger partial charge >= 0.3 is 15.2 Å². The molecule has 0 aromatic carbocycles. The molecule has 0 aromatic heterocycles. The Balaban J connectivity index is 4.25. The summed E-state index contributed by atoms with van der Waals surface area (Å²) in [6.07, 6.45) is -0.272. The van der Waals surface area contributed by atoms with Crippen LogP contribution in [0.2, 0.25) is 0 Å². The second-order valence-corrected chi connectivity index (χ2v) is 6.56. The van der Waals surface area contributed by atoms with Crippen LogP contribution >= 0.6 is 15.2 Å². The van der Waals surface area contributed by atoms with Gasteiger partial charge in [0.1, 0.15) is 6.29 Å². The van der Waals surface area contributed by atoms with Crippen molar-refractivity contribution < 1.29 is 23.2 Å². The largest absolute Gasteiger partial charge is 0.349 e. The summed E-state index contributed by atoms with van der Waals surface area (Å²) in [6.45, 7) is 0.867. The Morgan fingerprint density at radius 1 is 1.33 bits per heavy atom. The van der Waals surface area contributed by atoms with Gasteiger partial charge in [0.2, 0.25) is 0 Å². The molecule has 0 amide bonds. The smallest absolute Gasteiger partial charge is 0.324 e. The number of rotatable bonds is 4. The van der Waals surface area contributed by atoms with Gasteiger partial charge in [0.15, 0.2) is 0 Å². The quantitative estimate of drug-likeness (QED) is 0.667. The fraction of sp³-hybridized carbons (Fsp3) is 1.00. The highest BCUT2D eigenvalue weighted by Gasteiger charge is 2.28. The zero-order valence-corrected chi connectivity index (χ0v) is 8.96. The van der Waals surface area contributed by atoms with E-state index in [-0.39, 0.29) is 6.29 Å². The van der Waals surface area contributed by atoms with Crippen molar-refractivity contribution in [2.45, 2.75) is 0 Å². The molecule has 0 aliphatic rings. The molecule has 0 heterocycles. The Hall–Kier alpha value is 0.300. The van der Waals surface area contributed by atoms with Gasteiger partial charge in [-0.05, 0) is 14.1 Å². The Kier molecular flexibility index (Phi) is 4.11. The molecule has 0 radical (unpaired) electrons. The molecular weight excluding hydrogens is 204 g/mol. The normalized spacial score (nSPS) is 21.8. The fourth-order valence-electron chi connectivity index (χ4n) is 0.620. The van der Waals surface area contributed by atoms with Crippen molar-refractivity contribution in [1.29, 1.82) is 0 Å². The van der Waals surface area contributed by atoms with Gasteiger partial charge in [0.25, 0.3) is 0 Å². The summed E-state index contributed by atoms with van der Waals surface area (Å²) < 4.78 is 25.7. The molecule has 0 rings (SSSR count). The Bertz CT molecular complexity index is 234. The van der Waals surface area contributed by atoms with Gasteiger partial charge in [-0.2, -0.15) is 0 Å². The highest BCUT2D eigenvalue weighted by atomic mass is 31.3. The molecule has 0 bridgehead atoms. The molecule has 0 aromatic rings. The van der Waals surface area contributed by atoms with Crippen molar-refractivity contribution in [1.82, 2.24) is 4.90 Å². The van der Waals surface area contributed by atoms with Crippen LogP contribution in [0.15, 0.2) is 0 Å². The maximum atomic E-state index is 11.0. The van der Waals surface area contributed by atoms with Crippen molar-refractivity contribution in [2.75, 3.05) is 27.0 Å². The first-order valence-electron chi connectivity index (χ1n) is 3.10. The molecule has 0 aliphatic carbocycles. The molecule has 0 saturated carbocycles. The minimum atomic E-state index is -3.96. The molecule has 2 N–H and O–H groups in total. The molecule has 0 spiro atoms. The van der Waals surface area contributed by atoms with Crippen LogP contribution < -0.4 is 0 Å². The average molecular weight is 217 g/mol. The van der Waals surface area contributed by atoms with Gasteiger partial charge < -0.3 is 9.79 Å². The van der Waals surface area contributed by atoms with Crippen LogP contribution in [0.1, 0.15) is 0 Å². The third-order valence-corrected chi connectivity index (χ3v) is 3.90. The lowest BCUT2D eigenvalue weighted by atomic mass is 11.0. The first-order chi connectivity index (χ1) is 5.12. The number of hydrogen-bond donors (Lipinski definition) is 2. The molecule has 2 atom stereocenters. The second-order valence-electron chi connectivity index (χ2n) is 2.74. The molecule has 0 fully saturated rings. The van der Waals surface area contributed by atoms with E-state index in [4.69, 9.17) is 9.79 Å². The summed E-state index contributed by atoms with van der Waals surface area (Å²) in [4.78, 5) is 19.0. The third kappa shape index (κ3) is 6.98. The summed E-state index contributed by atoms with van der Waals surface area (Å²) in [7, 11) is -4.72. The Labute approximate surface area is 71.2 Å². The van der Waals surface area contributed by atoms with Crippen LogP contribution in [0, 0.1) is 0 Å².